The lowest BCUT2D eigenvalue weighted by molar-refractivity contribution is -0.0551. The minimum absolute atomic E-state index is 0.428. The lowest BCUT2D eigenvalue weighted by Crippen LogP contribution is -2.45. The number of nitrogens with one attached hydrogen (secondary N) is 1. The van der Waals surface area contributed by atoms with Crippen molar-refractivity contribution in [2.75, 3.05) is 6.54 Å². The summed E-state index contributed by atoms with van der Waals surface area (Å²) in [6.07, 6.45) is 10.9. The summed E-state index contributed by atoms with van der Waals surface area (Å²) in [7, 11) is 0. The van der Waals surface area contributed by atoms with Gasteiger partial charge >= 0.3 is 0 Å². The highest BCUT2D eigenvalue weighted by molar-refractivity contribution is 5.24. The van der Waals surface area contributed by atoms with Crippen molar-refractivity contribution in [1.82, 2.24) is 5.32 Å². The SMILES string of the molecule is O[C@](C[C@H]1CCCCN1)(c1ccccc1)C1CCCCC1. The van der Waals surface area contributed by atoms with E-state index in [4.69, 9.17) is 0 Å². The summed E-state index contributed by atoms with van der Waals surface area (Å²) in [6.45, 7) is 1.11. The Morgan fingerprint density at radius 2 is 1.67 bits per heavy atom. The molecule has 0 amide bonds. The summed E-state index contributed by atoms with van der Waals surface area (Å²) in [5.41, 5.74) is 0.487. The van der Waals surface area contributed by atoms with Crippen molar-refractivity contribution in [2.24, 2.45) is 5.92 Å². The molecule has 1 aliphatic heterocycles. The molecule has 116 valence electrons. The topological polar surface area (TPSA) is 32.3 Å². The van der Waals surface area contributed by atoms with Gasteiger partial charge in [-0.25, -0.2) is 0 Å². The zero-order chi connectivity index (χ0) is 14.5. The van der Waals surface area contributed by atoms with Gasteiger partial charge in [-0.2, -0.15) is 0 Å². The summed E-state index contributed by atoms with van der Waals surface area (Å²) in [5.74, 6) is 0.428. The van der Waals surface area contributed by atoms with Crippen LogP contribution in [-0.2, 0) is 5.60 Å². The molecule has 21 heavy (non-hydrogen) atoms. The van der Waals surface area contributed by atoms with Crippen molar-refractivity contribution >= 4 is 0 Å². The number of hydrogen-bond acceptors (Lipinski definition) is 2. The number of aliphatic hydroxyl groups is 1. The van der Waals surface area contributed by atoms with Crippen LogP contribution in [0.1, 0.15) is 63.4 Å². The van der Waals surface area contributed by atoms with Gasteiger partial charge in [-0.05, 0) is 50.1 Å². The predicted octanol–water partition coefficient (Wildman–Crippen LogP) is 3.99. The van der Waals surface area contributed by atoms with Gasteiger partial charge in [-0.1, -0.05) is 56.0 Å². The van der Waals surface area contributed by atoms with Gasteiger partial charge in [0.05, 0.1) is 5.60 Å². The van der Waals surface area contributed by atoms with E-state index >= 15 is 0 Å². The standard InChI is InChI=1S/C19H29NO/c21-19(16-9-3-1-4-10-16,17-11-5-2-6-12-17)15-18-13-7-8-14-20-18/h1,3-4,9-10,17-18,20-21H,2,5-8,11-15H2/t18-,19-/m1/s1. The first-order valence-electron chi connectivity index (χ1n) is 8.80. The Kier molecular flexibility index (Phi) is 4.97. The van der Waals surface area contributed by atoms with Crippen LogP contribution in [0.2, 0.25) is 0 Å². The average molecular weight is 287 g/mol. The summed E-state index contributed by atoms with van der Waals surface area (Å²) in [5, 5.41) is 15.2. The number of hydrogen-bond donors (Lipinski definition) is 2. The van der Waals surface area contributed by atoms with E-state index in [1.54, 1.807) is 0 Å². The molecule has 1 aliphatic carbocycles. The van der Waals surface area contributed by atoms with E-state index in [-0.39, 0.29) is 0 Å². The second kappa shape index (κ2) is 6.93. The lowest BCUT2D eigenvalue weighted by atomic mass is 9.70. The van der Waals surface area contributed by atoms with Crippen molar-refractivity contribution in [1.29, 1.82) is 0 Å². The van der Waals surface area contributed by atoms with Gasteiger partial charge in [0.25, 0.3) is 0 Å². The maximum Gasteiger partial charge on any atom is 0.0939 e. The van der Waals surface area contributed by atoms with Crippen LogP contribution in [0.15, 0.2) is 30.3 Å². The fraction of sp³-hybridized carbons (Fsp3) is 0.684. The molecule has 2 N–H and O–H groups in total. The molecule has 1 aromatic carbocycles. The minimum atomic E-state index is -0.642. The molecule has 0 spiro atoms. The van der Waals surface area contributed by atoms with Crippen LogP contribution >= 0.6 is 0 Å². The third-order valence-electron chi connectivity index (χ3n) is 5.52. The van der Waals surface area contributed by atoms with E-state index in [1.165, 1.54) is 51.4 Å². The highest BCUT2D eigenvalue weighted by Gasteiger charge is 2.40. The Bertz CT molecular complexity index is 420. The van der Waals surface area contributed by atoms with Crippen molar-refractivity contribution in [2.45, 2.75) is 69.4 Å². The van der Waals surface area contributed by atoms with Gasteiger partial charge in [-0.3, -0.25) is 0 Å². The van der Waals surface area contributed by atoms with Gasteiger partial charge in [0.1, 0.15) is 0 Å². The number of rotatable bonds is 4. The molecule has 1 heterocycles. The predicted molar refractivity (Wildman–Crippen MR) is 87.2 cm³/mol. The smallest absolute Gasteiger partial charge is 0.0939 e. The van der Waals surface area contributed by atoms with E-state index in [0.29, 0.717) is 12.0 Å². The van der Waals surface area contributed by atoms with Crippen LogP contribution in [-0.4, -0.2) is 17.7 Å². The van der Waals surface area contributed by atoms with Crippen LogP contribution < -0.4 is 5.32 Å². The Labute approximate surface area is 129 Å². The fourth-order valence-electron chi connectivity index (χ4n) is 4.30. The molecule has 0 radical (unpaired) electrons. The first-order chi connectivity index (χ1) is 10.3. The molecule has 1 aromatic rings. The van der Waals surface area contributed by atoms with E-state index in [1.807, 2.05) is 6.07 Å². The first kappa shape index (κ1) is 15.1. The molecule has 3 rings (SSSR count). The molecule has 2 aliphatic rings. The molecule has 1 saturated carbocycles. The zero-order valence-electron chi connectivity index (χ0n) is 13.1. The largest absolute Gasteiger partial charge is 0.385 e. The number of piperidine rings is 1. The molecular weight excluding hydrogens is 258 g/mol. The van der Waals surface area contributed by atoms with Crippen molar-refractivity contribution in [3.8, 4) is 0 Å². The van der Waals surface area contributed by atoms with Crippen molar-refractivity contribution < 1.29 is 5.11 Å². The molecule has 0 aromatic heterocycles. The second-order valence-corrected chi connectivity index (χ2v) is 6.98. The Balaban J connectivity index is 1.82. The summed E-state index contributed by atoms with van der Waals surface area (Å²) in [6, 6.07) is 10.9. The summed E-state index contributed by atoms with van der Waals surface area (Å²) in [4.78, 5) is 0. The maximum atomic E-state index is 11.6. The summed E-state index contributed by atoms with van der Waals surface area (Å²) >= 11 is 0. The van der Waals surface area contributed by atoms with Crippen molar-refractivity contribution in [3.63, 3.8) is 0 Å². The lowest BCUT2D eigenvalue weighted by Gasteiger charge is -2.42. The molecular formula is C19H29NO. The monoisotopic (exact) mass is 287 g/mol. The zero-order valence-corrected chi connectivity index (χ0v) is 13.1. The van der Waals surface area contributed by atoms with Crippen LogP contribution in [0.4, 0.5) is 0 Å². The van der Waals surface area contributed by atoms with E-state index in [9.17, 15) is 5.11 Å². The minimum Gasteiger partial charge on any atom is -0.385 e. The first-order valence-corrected chi connectivity index (χ1v) is 8.80. The van der Waals surface area contributed by atoms with Gasteiger partial charge < -0.3 is 10.4 Å². The maximum absolute atomic E-state index is 11.6. The van der Waals surface area contributed by atoms with Crippen LogP contribution in [0, 0.1) is 5.92 Å². The summed E-state index contributed by atoms with van der Waals surface area (Å²) < 4.78 is 0. The third-order valence-corrected chi connectivity index (χ3v) is 5.52. The third kappa shape index (κ3) is 3.49. The Morgan fingerprint density at radius 3 is 2.33 bits per heavy atom. The fourth-order valence-corrected chi connectivity index (χ4v) is 4.30. The molecule has 2 fully saturated rings. The van der Waals surface area contributed by atoms with Gasteiger partial charge in [-0.15, -0.1) is 0 Å². The van der Waals surface area contributed by atoms with Gasteiger partial charge in [0.2, 0.25) is 0 Å². The van der Waals surface area contributed by atoms with Crippen LogP contribution in [0.3, 0.4) is 0 Å². The molecule has 2 nitrogen and oxygen atoms in total. The molecule has 2 atom stereocenters. The second-order valence-electron chi connectivity index (χ2n) is 6.98. The van der Waals surface area contributed by atoms with Crippen LogP contribution in [0.5, 0.6) is 0 Å². The van der Waals surface area contributed by atoms with Crippen LogP contribution in [0.25, 0.3) is 0 Å². The average Bonchev–Trinajstić information content (AvgIpc) is 2.57. The molecule has 0 unspecified atom stereocenters. The Hall–Kier alpha value is -0.860. The molecule has 2 heteroatoms. The van der Waals surface area contributed by atoms with Gasteiger partial charge in [0.15, 0.2) is 0 Å². The van der Waals surface area contributed by atoms with Gasteiger partial charge in [0, 0.05) is 6.04 Å². The van der Waals surface area contributed by atoms with Crippen molar-refractivity contribution in [3.05, 3.63) is 35.9 Å². The van der Waals surface area contributed by atoms with E-state index in [0.717, 1.165) is 18.5 Å². The normalized spacial score (nSPS) is 27.2. The number of benzene rings is 1. The highest BCUT2D eigenvalue weighted by atomic mass is 16.3. The molecule has 0 bridgehead atoms. The van der Waals surface area contributed by atoms with E-state index < -0.39 is 5.60 Å². The highest BCUT2D eigenvalue weighted by Crippen LogP contribution is 2.43. The Morgan fingerprint density at radius 1 is 0.952 bits per heavy atom. The molecule has 1 saturated heterocycles. The quantitative estimate of drug-likeness (QED) is 0.877. The van der Waals surface area contributed by atoms with E-state index in [2.05, 4.69) is 29.6 Å².